The molecule has 0 saturated heterocycles. The topological polar surface area (TPSA) is 67.7 Å². The van der Waals surface area contributed by atoms with Crippen molar-refractivity contribution in [3.8, 4) is 0 Å². The fourth-order valence-corrected chi connectivity index (χ4v) is 1.86. The first-order valence-electron chi connectivity index (χ1n) is 5.32. The fourth-order valence-electron chi connectivity index (χ4n) is 1.47. The predicted molar refractivity (Wildman–Crippen MR) is 70.8 cm³/mol. The molecule has 0 aliphatic heterocycles. The minimum absolute atomic E-state index is 0.296. The SMILES string of the molecule is CNc1nc(Nc2cnn(C(F)F)c2C)ncc1Br. The van der Waals surface area contributed by atoms with Gasteiger partial charge in [0.25, 0.3) is 0 Å². The van der Waals surface area contributed by atoms with E-state index in [0.717, 1.165) is 0 Å². The van der Waals surface area contributed by atoms with Crippen LogP contribution in [0.5, 0.6) is 0 Å². The van der Waals surface area contributed by atoms with Crippen molar-refractivity contribution in [3.63, 3.8) is 0 Å². The van der Waals surface area contributed by atoms with Gasteiger partial charge in [-0.3, -0.25) is 0 Å². The Hall–Kier alpha value is -1.77. The number of nitrogens with one attached hydrogen (secondary N) is 2. The molecule has 0 amide bonds. The van der Waals surface area contributed by atoms with Crippen molar-refractivity contribution < 1.29 is 8.78 Å². The second-order valence-corrected chi connectivity index (χ2v) is 4.49. The standard InChI is InChI=1S/C10H11BrF2N6/c1-5-7(4-16-19(5)9(12)13)17-10-15-3-6(11)8(14-2)18-10/h3-4,9H,1-2H3,(H2,14,15,17,18). The van der Waals surface area contributed by atoms with Gasteiger partial charge in [-0.1, -0.05) is 0 Å². The highest BCUT2D eigenvalue weighted by Crippen LogP contribution is 2.24. The van der Waals surface area contributed by atoms with Crippen LogP contribution in [0.1, 0.15) is 12.2 Å². The maximum Gasteiger partial charge on any atom is 0.333 e. The summed E-state index contributed by atoms with van der Waals surface area (Å²) in [5.74, 6) is 0.890. The summed E-state index contributed by atoms with van der Waals surface area (Å²) in [6.45, 7) is -1.13. The van der Waals surface area contributed by atoms with E-state index in [1.165, 1.54) is 6.20 Å². The van der Waals surface area contributed by atoms with Crippen LogP contribution in [0.3, 0.4) is 0 Å². The molecule has 2 rings (SSSR count). The summed E-state index contributed by atoms with van der Waals surface area (Å²) in [6, 6.07) is 0. The van der Waals surface area contributed by atoms with Gasteiger partial charge < -0.3 is 10.6 Å². The third kappa shape index (κ3) is 2.80. The second kappa shape index (κ2) is 5.47. The van der Waals surface area contributed by atoms with Crippen LogP contribution in [0.4, 0.5) is 26.2 Å². The molecule has 0 fully saturated rings. The molecule has 0 radical (unpaired) electrons. The molecule has 0 aromatic carbocycles. The van der Waals surface area contributed by atoms with Gasteiger partial charge in [-0.15, -0.1) is 0 Å². The number of hydrogen-bond acceptors (Lipinski definition) is 5. The molecule has 0 saturated carbocycles. The summed E-state index contributed by atoms with van der Waals surface area (Å²) in [6.07, 6.45) is 2.87. The third-order valence-corrected chi connectivity index (χ3v) is 3.04. The quantitative estimate of drug-likeness (QED) is 0.901. The van der Waals surface area contributed by atoms with Gasteiger partial charge in [-0.2, -0.15) is 18.9 Å². The highest BCUT2D eigenvalue weighted by molar-refractivity contribution is 9.10. The Balaban J connectivity index is 2.26. The number of hydrogen-bond donors (Lipinski definition) is 2. The van der Waals surface area contributed by atoms with Crippen LogP contribution in [-0.4, -0.2) is 26.8 Å². The number of nitrogens with zero attached hydrogens (tertiary/aromatic N) is 4. The molecule has 2 aromatic heterocycles. The van der Waals surface area contributed by atoms with Crippen LogP contribution in [-0.2, 0) is 0 Å². The molecule has 19 heavy (non-hydrogen) atoms. The average molecular weight is 333 g/mol. The summed E-state index contributed by atoms with van der Waals surface area (Å²) in [7, 11) is 1.72. The molecule has 2 aromatic rings. The van der Waals surface area contributed by atoms with Gasteiger partial charge in [0.05, 0.1) is 22.1 Å². The summed E-state index contributed by atoms with van der Waals surface area (Å²) >= 11 is 3.28. The minimum atomic E-state index is -2.67. The summed E-state index contributed by atoms with van der Waals surface area (Å²) in [4.78, 5) is 8.22. The van der Waals surface area contributed by atoms with Crippen molar-refractivity contribution in [2.45, 2.75) is 13.5 Å². The van der Waals surface area contributed by atoms with Crippen molar-refractivity contribution in [1.82, 2.24) is 19.7 Å². The lowest BCUT2D eigenvalue weighted by atomic mass is 10.4. The van der Waals surface area contributed by atoms with Gasteiger partial charge >= 0.3 is 6.55 Å². The largest absolute Gasteiger partial charge is 0.372 e. The smallest absolute Gasteiger partial charge is 0.333 e. The minimum Gasteiger partial charge on any atom is -0.372 e. The van der Waals surface area contributed by atoms with Crippen molar-refractivity contribution >= 4 is 33.4 Å². The van der Waals surface area contributed by atoms with E-state index in [1.807, 2.05) is 0 Å². The highest BCUT2D eigenvalue weighted by Gasteiger charge is 2.14. The van der Waals surface area contributed by atoms with E-state index in [2.05, 4.69) is 41.6 Å². The van der Waals surface area contributed by atoms with E-state index in [9.17, 15) is 8.78 Å². The van der Waals surface area contributed by atoms with E-state index in [0.29, 0.717) is 32.3 Å². The zero-order valence-corrected chi connectivity index (χ0v) is 11.7. The zero-order chi connectivity index (χ0) is 14.0. The average Bonchev–Trinajstić information content (AvgIpc) is 2.73. The van der Waals surface area contributed by atoms with Gasteiger partial charge in [-0.05, 0) is 22.9 Å². The third-order valence-electron chi connectivity index (χ3n) is 2.46. The number of alkyl halides is 2. The van der Waals surface area contributed by atoms with Crippen molar-refractivity contribution in [1.29, 1.82) is 0 Å². The predicted octanol–water partition coefficient (Wildman–Crippen LogP) is 2.92. The molecule has 6 nitrogen and oxygen atoms in total. The molecule has 2 N–H and O–H groups in total. The molecule has 0 atom stereocenters. The van der Waals surface area contributed by atoms with Crippen molar-refractivity contribution in [3.05, 3.63) is 22.6 Å². The highest BCUT2D eigenvalue weighted by atomic mass is 79.9. The molecule has 0 aliphatic carbocycles. The van der Waals surface area contributed by atoms with Gasteiger partial charge in [0.15, 0.2) is 0 Å². The summed E-state index contributed by atoms with van der Waals surface area (Å²) in [5, 5.41) is 9.33. The Morgan fingerprint density at radius 1 is 1.37 bits per heavy atom. The maximum atomic E-state index is 12.6. The van der Waals surface area contributed by atoms with Crippen LogP contribution >= 0.6 is 15.9 Å². The van der Waals surface area contributed by atoms with Crippen molar-refractivity contribution in [2.75, 3.05) is 17.7 Å². The van der Waals surface area contributed by atoms with E-state index >= 15 is 0 Å². The lowest BCUT2D eigenvalue weighted by Crippen LogP contribution is -2.04. The fraction of sp³-hybridized carbons (Fsp3) is 0.300. The van der Waals surface area contributed by atoms with E-state index in [-0.39, 0.29) is 0 Å². The normalized spacial score (nSPS) is 10.8. The molecule has 9 heteroatoms. The molecule has 0 bridgehead atoms. The van der Waals surface area contributed by atoms with Gasteiger partial charge in [0.2, 0.25) is 5.95 Å². The lowest BCUT2D eigenvalue weighted by Gasteiger charge is -2.07. The van der Waals surface area contributed by atoms with E-state index < -0.39 is 6.55 Å². The van der Waals surface area contributed by atoms with Crippen LogP contribution in [0.25, 0.3) is 0 Å². The number of rotatable bonds is 4. The Kier molecular flexibility index (Phi) is 3.93. The number of anilines is 3. The number of aromatic nitrogens is 4. The van der Waals surface area contributed by atoms with Crippen molar-refractivity contribution in [2.24, 2.45) is 0 Å². The Morgan fingerprint density at radius 3 is 2.68 bits per heavy atom. The van der Waals surface area contributed by atoms with Crippen LogP contribution in [0.15, 0.2) is 16.9 Å². The molecule has 0 spiro atoms. The summed E-state index contributed by atoms with van der Waals surface area (Å²) < 4.78 is 26.5. The van der Waals surface area contributed by atoms with E-state index in [4.69, 9.17) is 0 Å². The molecule has 0 unspecified atom stereocenters. The van der Waals surface area contributed by atoms with Gasteiger partial charge in [-0.25, -0.2) is 9.67 Å². The molecule has 0 aliphatic rings. The maximum absolute atomic E-state index is 12.6. The molecule has 2 heterocycles. The van der Waals surface area contributed by atoms with Crippen LogP contribution in [0.2, 0.25) is 0 Å². The first-order valence-corrected chi connectivity index (χ1v) is 6.11. The lowest BCUT2D eigenvalue weighted by molar-refractivity contribution is 0.0545. The number of halogens is 3. The Bertz CT molecular complexity index is 585. The molecule has 102 valence electrons. The Morgan fingerprint density at radius 2 is 2.11 bits per heavy atom. The second-order valence-electron chi connectivity index (χ2n) is 3.63. The molecular weight excluding hydrogens is 322 g/mol. The first-order chi connectivity index (χ1) is 9.02. The summed E-state index contributed by atoms with van der Waals surface area (Å²) in [5.41, 5.74) is 0.747. The zero-order valence-electron chi connectivity index (χ0n) is 10.2. The van der Waals surface area contributed by atoms with Gasteiger partial charge in [0, 0.05) is 13.2 Å². The van der Waals surface area contributed by atoms with Crippen LogP contribution in [0, 0.1) is 6.92 Å². The van der Waals surface area contributed by atoms with Crippen LogP contribution < -0.4 is 10.6 Å². The Labute approximate surface area is 116 Å². The van der Waals surface area contributed by atoms with E-state index in [1.54, 1.807) is 20.2 Å². The first kappa shape index (κ1) is 13.7. The monoisotopic (exact) mass is 332 g/mol. The van der Waals surface area contributed by atoms with Gasteiger partial charge in [0.1, 0.15) is 5.82 Å². The molecular formula is C10H11BrF2N6.